The molecule has 3 nitrogen and oxygen atoms in total. The van der Waals surface area contributed by atoms with Gasteiger partial charge in [-0.2, -0.15) is 0 Å². The normalized spacial score (nSPS) is 19.8. The van der Waals surface area contributed by atoms with E-state index in [0.29, 0.717) is 0 Å². The number of aliphatic hydroxyl groups is 1. The third-order valence-corrected chi connectivity index (χ3v) is 3.70. The first kappa shape index (κ1) is 9.93. The van der Waals surface area contributed by atoms with Gasteiger partial charge in [-0.1, -0.05) is 24.6 Å². The molecule has 0 bridgehead atoms. The number of thioether (sulfide) groups is 1. The third-order valence-electron chi connectivity index (χ3n) is 2.55. The first-order valence-electron chi connectivity index (χ1n) is 4.91. The van der Waals surface area contributed by atoms with Crippen molar-refractivity contribution in [1.29, 1.82) is 0 Å². The highest BCUT2D eigenvalue weighted by atomic mass is 32.2. The Labute approximate surface area is 88.0 Å². The van der Waals surface area contributed by atoms with Gasteiger partial charge in [0, 0.05) is 18.1 Å². The zero-order chi connectivity index (χ0) is 9.86. The molecule has 0 amide bonds. The highest BCUT2D eigenvalue weighted by Crippen LogP contribution is 2.33. The van der Waals surface area contributed by atoms with Crippen LogP contribution in [0.1, 0.15) is 25.7 Å². The lowest BCUT2D eigenvalue weighted by Gasteiger charge is -2.20. The van der Waals surface area contributed by atoms with Gasteiger partial charge in [-0.3, -0.25) is 0 Å². The number of hydrogen-bond acceptors (Lipinski definition) is 4. The second-order valence-corrected chi connectivity index (χ2v) is 4.69. The van der Waals surface area contributed by atoms with E-state index in [1.165, 1.54) is 0 Å². The molecule has 0 unspecified atom stereocenters. The van der Waals surface area contributed by atoms with Gasteiger partial charge in [-0.15, -0.1) is 0 Å². The molecular formula is C10H14N2OS. The van der Waals surface area contributed by atoms with Crippen molar-refractivity contribution in [3.63, 3.8) is 0 Å². The molecule has 4 heteroatoms. The van der Waals surface area contributed by atoms with Crippen LogP contribution < -0.4 is 0 Å². The van der Waals surface area contributed by atoms with E-state index in [4.69, 9.17) is 0 Å². The minimum atomic E-state index is -0.468. The summed E-state index contributed by atoms with van der Waals surface area (Å²) in [6.45, 7) is 0. The van der Waals surface area contributed by atoms with Crippen LogP contribution in [-0.2, 0) is 0 Å². The number of rotatable bonds is 3. The molecule has 1 heterocycles. The van der Waals surface area contributed by atoms with E-state index in [9.17, 15) is 5.11 Å². The van der Waals surface area contributed by atoms with Crippen molar-refractivity contribution in [2.24, 2.45) is 0 Å². The maximum absolute atomic E-state index is 10.1. The lowest BCUT2D eigenvalue weighted by atomic mass is 10.1. The average molecular weight is 210 g/mol. The van der Waals surface area contributed by atoms with E-state index in [0.717, 1.165) is 36.6 Å². The van der Waals surface area contributed by atoms with Gasteiger partial charge < -0.3 is 5.11 Å². The quantitative estimate of drug-likeness (QED) is 0.611. The monoisotopic (exact) mass is 210 g/mol. The van der Waals surface area contributed by atoms with Gasteiger partial charge in [0.2, 0.25) is 0 Å². The van der Waals surface area contributed by atoms with Crippen LogP contribution in [0.5, 0.6) is 0 Å². The van der Waals surface area contributed by atoms with E-state index in [2.05, 4.69) is 9.97 Å². The third kappa shape index (κ3) is 2.45. The van der Waals surface area contributed by atoms with Crippen molar-refractivity contribution in [2.75, 3.05) is 5.75 Å². The Bertz CT molecular complexity index is 285. The number of nitrogens with zero attached hydrogens (tertiary/aromatic N) is 2. The van der Waals surface area contributed by atoms with Gasteiger partial charge in [-0.05, 0) is 18.9 Å². The molecule has 14 heavy (non-hydrogen) atoms. The summed E-state index contributed by atoms with van der Waals surface area (Å²) in [5.74, 6) is 0.719. The molecule has 1 aliphatic rings. The summed E-state index contributed by atoms with van der Waals surface area (Å²) in [6.07, 6.45) is 7.60. The molecule has 0 aliphatic heterocycles. The van der Waals surface area contributed by atoms with Crippen LogP contribution in [0.2, 0.25) is 0 Å². The van der Waals surface area contributed by atoms with Crippen LogP contribution in [0.4, 0.5) is 0 Å². The van der Waals surface area contributed by atoms with Crippen LogP contribution in [-0.4, -0.2) is 26.4 Å². The zero-order valence-electron chi connectivity index (χ0n) is 8.02. The van der Waals surface area contributed by atoms with Crippen molar-refractivity contribution >= 4 is 11.8 Å². The molecular weight excluding hydrogens is 196 g/mol. The van der Waals surface area contributed by atoms with Gasteiger partial charge in [0.1, 0.15) is 0 Å². The fourth-order valence-corrected chi connectivity index (χ4v) is 2.69. The molecule has 1 fully saturated rings. The van der Waals surface area contributed by atoms with Crippen LogP contribution in [0.15, 0.2) is 23.6 Å². The van der Waals surface area contributed by atoms with E-state index < -0.39 is 5.60 Å². The summed E-state index contributed by atoms with van der Waals surface area (Å²) in [4.78, 5) is 8.22. The number of aromatic nitrogens is 2. The SMILES string of the molecule is OC1(CSc2ncccn2)CCCC1. The maximum atomic E-state index is 10.1. The van der Waals surface area contributed by atoms with Crippen molar-refractivity contribution in [1.82, 2.24) is 9.97 Å². The lowest BCUT2D eigenvalue weighted by molar-refractivity contribution is 0.0732. The van der Waals surface area contributed by atoms with Crippen molar-refractivity contribution in [3.8, 4) is 0 Å². The van der Waals surface area contributed by atoms with Crippen molar-refractivity contribution in [3.05, 3.63) is 18.5 Å². The molecule has 0 aromatic carbocycles. The molecule has 0 saturated heterocycles. The summed E-state index contributed by atoms with van der Waals surface area (Å²) in [6, 6.07) is 1.80. The van der Waals surface area contributed by atoms with E-state index in [-0.39, 0.29) is 0 Å². The molecule has 1 aromatic heterocycles. The topological polar surface area (TPSA) is 46.0 Å². The summed E-state index contributed by atoms with van der Waals surface area (Å²) >= 11 is 1.54. The highest BCUT2D eigenvalue weighted by Gasteiger charge is 2.31. The molecule has 76 valence electrons. The molecule has 1 aromatic rings. The molecule has 1 N–H and O–H groups in total. The van der Waals surface area contributed by atoms with Crippen molar-refractivity contribution in [2.45, 2.75) is 36.4 Å². The smallest absolute Gasteiger partial charge is 0.187 e. The van der Waals surface area contributed by atoms with Crippen LogP contribution in [0.3, 0.4) is 0 Å². The Morgan fingerprint density at radius 3 is 2.57 bits per heavy atom. The second kappa shape index (κ2) is 4.28. The number of hydrogen-bond donors (Lipinski definition) is 1. The van der Waals surface area contributed by atoms with Crippen LogP contribution in [0.25, 0.3) is 0 Å². The molecule has 1 aliphatic carbocycles. The predicted octanol–water partition coefficient (Wildman–Crippen LogP) is 1.87. The van der Waals surface area contributed by atoms with E-state index in [1.807, 2.05) is 0 Å². The standard InChI is InChI=1S/C10H14N2OS/c13-10(4-1-2-5-10)8-14-9-11-6-3-7-12-9/h3,6-7,13H,1-2,4-5,8H2. The van der Waals surface area contributed by atoms with Crippen molar-refractivity contribution < 1.29 is 5.11 Å². The fraction of sp³-hybridized carbons (Fsp3) is 0.600. The lowest BCUT2D eigenvalue weighted by Crippen LogP contribution is -2.27. The van der Waals surface area contributed by atoms with Gasteiger partial charge in [0.05, 0.1) is 5.60 Å². The molecule has 0 radical (unpaired) electrons. The molecule has 2 rings (SSSR count). The zero-order valence-corrected chi connectivity index (χ0v) is 8.83. The minimum Gasteiger partial charge on any atom is -0.389 e. The van der Waals surface area contributed by atoms with Gasteiger partial charge in [0.25, 0.3) is 0 Å². The molecule has 0 atom stereocenters. The first-order valence-corrected chi connectivity index (χ1v) is 5.89. The Hall–Kier alpha value is -0.610. The average Bonchev–Trinajstić information content (AvgIpc) is 2.65. The summed E-state index contributed by atoms with van der Waals surface area (Å²) < 4.78 is 0. The van der Waals surface area contributed by atoms with Gasteiger partial charge in [0.15, 0.2) is 5.16 Å². The van der Waals surface area contributed by atoms with Crippen LogP contribution >= 0.6 is 11.8 Å². The first-order chi connectivity index (χ1) is 6.79. The minimum absolute atomic E-state index is 0.468. The van der Waals surface area contributed by atoms with Crippen LogP contribution in [0, 0.1) is 0 Å². The van der Waals surface area contributed by atoms with E-state index in [1.54, 1.807) is 30.2 Å². The largest absolute Gasteiger partial charge is 0.389 e. The Morgan fingerprint density at radius 1 is 1.29 bits per heavy atom. The fourth-order valence-electron chi connectivity index (χ4n) is 1.74. The Morgan fingerprint density at radius 2 is 1.93 bits per heavy atom. The van der Waals surface area contributed by atoms with Gasteiger partial charge in [-0.25, -0.2) is 9.97 Å². The maximum Gasteiger partial charge on any atom is 0.187 e. The summed E-state index contributed by atoms with van der Waals surface area (Å²) in [5.41, 5.74) is -0.468. The predicted molar refractivity (Wildman–Crippen MR) is 56.2 cm³/mol. The molecule has 1 saturated carbocycles. The molecule has 0 spiro atoms. The van der Waals surface area contributed by atoms with Gasteiger partial charge >= 0.3 is 0 Å². The van der Waals surface area contributed by atoms with E-state index >= 15 is 0 Å². The summed E-state index contributed by atoms with van der Waals surface area (Å²) in [7, 11) is 0. The Balaban J connectivity index is 1.88. The second-order valence-electron chi connectivity index (χ2n) is 3.75. The Kier molecular flexibility index (Phi) is 3.03. The summed E-state index contributed by atoms with van der Waals surface area (Å²) in [5, 5.41) is 10.8. The highest BCUT2D eigenvalue weighted by molar-refractivity contribution is 7.99.